The van der Waals surface area contributed by atoms with Crippen LogP contribution < -0.4 is 21.3 Å². The van der Waals surface area contributed by atoms with Gasteiger partial charge >= 0.3 is 6.09 Å². The molecule has 0 aliphatic carbocycles. The van der Waals surface area contributed by atoms with Crippen molar-refractivity contribution in [1.29, 1.82) is 0 Å². The number of carbonyl (C=O) groups excluding carboxylic acids is 4. The minimum absolute atomic E-state index is 0.125. The number of benzene rings is 2. The van der Waals surface area contributed by atoms with Gasteiger partial charge in [-0.15, -0.1) is 0 Å². The molecule has 4 atom stereocenters. The van der Waals surface area contributed by atoms with Gasteiger partial charge in [0.25, 0.3) is 10.1 Å². The van der Waals surface area contributed by atoms with Gasteiger partial charge in [0.1, 0.15) is 12.1 Å². The summed E-state index contributed by atoms with van der Waals surface area (Å²) in [6.07, 6.45) is -0.834. The van der Waals surface area contributed by atoms with Gasteiger partial charge < -0.3 is 31.1 Å². The first kappa shape index (κ1) is 31.2. The minimum atomic E-state index is -4.91. The Hall–Kier alpha value is -4.01. The molecule has 0 aliphatic heterocycles. The second kappa shape index (κ2) is 14.8. The van der Waals surface area contributed by atoms with E-state index >= 15 is 0 Å². The Morgan fingerprint density at radius 2 is 1.38 bits per heavy atom. The number of amides is 4. The maximum atomic E-state index is 12.7. The molecule has 14 heteroatoms. The molecule has 0 saturated heterocycles. The highest BCUT2D eigenvalue weighted by Gasteiger charge is 2.33. The summed E-state index contributed by atoms with van der Waals surface area (Å²) in [7, 11) is -3.76. The molecule has 2 unspecified atom stereocenters. The smallest absolute Gasteiger partial charge is 0.407 e. The monoisotopic (exact) mass is 564 g/mol. The van der Waals surface area contributed by atoms with Gasteiger partial charge in [-0.05, 0) is 24.5 Å². The fraction of sp³-hybridized carbons (Fsp3) is 0.360. The van der Waals surface area contributed by atoms with Crippen LogP contribution in [0.2, 0.25) is 0 Å². The standard InChI is InChI=1S/C25H32N4O9S/c1-16(22(31)28-20(24(33)39(35,36)37)14-18-11-7-4-8-12-18)27-21(30)15-26-23(32)19(29-25(34)38-2)13-17-9-5-3-6-10-17/h3-12,16,19-20,24,33H,13-15H2,1-2H3,(H,26,32)(H,27,30)(H,28,31)(H,29,34)(H,35,36,37)/t16-,19-,20?,24?/m0/s1. The molecule has 0 radical (unpaired) electrons. The van der Waals surface area contributed by atoms with E-state index in [1.54, 1.807) is 60.7 Å². The zero-order valence-electron chi connectivity index (χ0n) is 21.4. The second-order valence-corrected chi connectivity index (χ2v) is 10.1. The number of aliphatic hydroxyl groups excluding tert-OH is 1. The van der Waals surface area contributed by atoms with Crippen molar-refractivity contribution in [3.05, 3.63) is 71.8 Å². The molecule has 0 heterocycles. The van der Waals surface area contributed by atoms with E-state index in [0.29, 0.717) is 5.56 Å². The molecule has 4 amide bonds. The number of aliphatic hydroxyl groups is 1. The van der Waals surface area contributed by atoms with Crippen molar-refractivity contribution in [2.24, 2.45) is 0 Å². The van der Waals surface area contributed by atoms with Crippen molar-refractivity contribution < 1.29 is 42.0 Å². The van der Waals surface area contributed by atoms with Gasteiger partial charge in [-0.1, -0.05) is 60.7 Å². The maximum absolute atomic E-state index is 12.7. The summed E-state index contributed by atoms with van der Waals surface area (Å²) in [6.45, 7) is 0.775. The lowest BCUT2D eigenvalue weighted by Crippen LogP contribution is -2.55. The molecule has 0 fully saturated rings. The van der Waals surface area contributed by atoms with Crippen LogP contribution in [0.1, 0.15) is 18.1 Å². The average Bonchev–Trinajstić information content (AvgIpc) is 2.90. The Morgan fingerprint density at radius 1 is 0.846 bits per heavy atom. The number of hydrogen-bond acceptors (Lipinski definition) is 8. The third kappa shape index (κ3) is 10.7. The van der Waals surface area contributed by atoms with Crippen molar-refractivity contribution >= 4 is 33.9 Å². The number of nitrogens with one attached hydrogen (secondary N) is 4. The highest BCUT2D eigenvalue weighted by molar-refractivity contribution is 7.86. The summed E-state index contributed by atoms with van der Waals surface area (Å²) >= 11 is 0. The zero-order chi connectivity index (χ0) is 29.0. The fourth-order valence-electron chi connectivity index (χ4n) is 3.52. The van der Waals surface area contributed by atoms with Crippen LogP contribution in [-0.4, -0.2) is 79.1 Å². The molecule has 13 nitrogen and oxygen atoms in total. The molecule has 212 valence electrons. The Bertz CT molecular complexity index is 1230. The highest BCUT2D eigenvalue weighted by atomic mass is 32.2. The first-order valence-electron chi connectivity index (χ1n) is 11.8. The first-order chi connectivity index (χ1) is 18.4. The number of alkyl carbamates (subject to hydrolysis) is 1. The molecule has 39 heavy (non-hydrogen) atoms. The van der Waals surface area contributed by atoms with E-state index in [2.05, 4.69) is 26.0 Å². The normalized spacial score (nSPS) is 14.2. The lowest BCUT2D eigenvalue weighted by Gasteiger charge is -2.24. The number of carbonyl (C=O) groups is 4. The Balaban J connectivity index is 1.96. The number of methoxy groups -OCH3 is 1. The first-order valence-corrected chi connectivity index (χ1v) is 13.3. The Labute approximate surface area is 226 Å². The predicted molar refractivity (Wildman–Crippen MR) is 140 cm³/mol. The van der Waals surface area contributed by atoms with E-state index in [1.165, 1.54) is 6.92 Å². The van der Waals surface area contributed by atoms with Gasteiger partial charge in [-0.3, -0.25) is 18.9 Å². The van der Waals surface area contributed by atoms with Crippen molar-refractivity contribution in [3.8, 4) is 0 Å². The maximum Gasteiger partial charge on any atom is 0.407 e. The van der Waals surface area contributed by atoms with Crippen molar-refractivity contribution in [1.82, 2.24) is 21.3 Å². The van der Waals surface area contributed by atoms with Crippen molar-refractivity contribution in [3.63, 3.8) is 0 Å². The van der Waals surface area contributed by atoms with E-state index < -0.39 is 64.0 Å². The molecule has 0 aromatic heterocycles. The van der Waals surface area contributed by atoms with E-state index in [9.17, 15) is 37.3 Å². The molecule has 0 saturated carbocycles. The molecule has 6 N–H and O–H groups in total. The average molecular weight is 565 g/mol. The minimum Gasteiger partial charge on any atom is -0.453 e. The van der Waals surface area contributed by atoms with E-state index in [0.717, 1.165) is 12.7 Å². The summed E-state index contributed by atoms with van der Waals surface area (Å²) < 4.78 is 36.9. The molecule has 2 rings (SSSR count). The van der Waals surface area contributed by atoms with Gasteiger partial charge in [0.2, 0.25) is 23.2 Å². The molecule has 0 bridgehead atoms. The number of rotatable bonds is 13. The van der Waals surface area contributed by atoms with Crippen LogP contribution in [0.3, 0.4) is 0 Å². The summed E-state index contributed by atoms with van der Waals surface area (Å²) in [5.74, 6) is -2.26. The van der Waals surface area contributed by atoms with E-state index in [4.69, 9.17) is 0 Å². The van der Waals surface area contributed by atoms with Crippen LogP contribution in [-0.2, 0) is 42.1 Å². The van der Waals surface area contributed by atoms with Gasteiger partial charge in [-0.25, -0.2) is 4.79 Å². The number of hydrogen-bond donors (Lipinski definition) is 6. The van der Waals surface area contributed by atoms with Crippen LogP contribution >= 0.6 is 0 Å². The van der Waals surface area contributed by atoms with Crippen LogP contribution in [0.5, 0.6) is 0 Å². The molecular formula is C25H32N4O9S. The van der Waals surface area contributed by atoms with E-state index in [-0.39, 0.29) is 12.8 Å². The van der Waals surface area contributed by atoms with E-state index in [1.807, 2.05) is 0 Å². The Morgan fingerprint density at radius 3 is 1.90 bits per heavy atom. The Kier molecular flexibility index (Phi) is 11.8. The fourth-order valence-corrected chi connectivity index (χ4v) is 4.09. The topological polar surface area (TPSA) is 200 Å². The van der Waals surface area contributed by atoms with Crippen molar-refractivity contribution in [2.75, 3.05) is 13.7 Å². The third-order valence-electron chi connectivity index (χ3n) is 5.55. The third-order valence-corrected chi connectivity index (χ3v) is 6.48. The van der Waals surface area contributed by atoms with Gasteiger partial charge in [0.05, 0.1) is 19.7 Å². The summed E-state index contributed by atoms with van der Waals surface area (Å²) in [5, 5.41) is 19.5. The van der Waals surface area contributed by atoms with Crippen LogP contribution in [0.25, 0.3) is 0 Å². The van der Waals surface area contributed by atoms with Gasteiger partial charge in [-0.2, -0.15) is 8.42 Å². The second-order valence-electron chi connectivity index (χ2n) is 8.60. The van der Waals surface area contributed by atoms with Gasteiger partial charge in [0, 0.05) is 6.42 Å². The summed E-state index contributed by atoms with van der Waals surface area (Å²) in [5.41, 5.74) is -0.982. The van der Waals surface area contributed by atoms with Crippen LogP contribution in [0, 0.1) is 0 Å². The highest BCUT2D eigenvalue weighted by Crippen LogP contribution is 2.10. The predicted octanol–water partition coefficient (Wildman–Crippen LogP) is -0.492. The van der Waals surface area contributed by atoms with Crippen LogP contribution in [0.15, 0.2) is 60.7 Å². The lowest BCUT2D eigenvalue weighted by molar-refractivity contribution is -0.130. The van der Waals surface area contributed by atoms with Gasteiger partial charge in [0.15, 0.2) is 0 Å². The summed E-state index contributed by atoms with van der Waals surface area (Å²) in [4.78, 5) is 49.4. The number of ether oxygens (including phenoxy) is 1. The van der Waals surface area contributed by atoms with Crippen LogP contribution in [0.4, 0.5) is 4.79 Å². The van der Waals surface area contributed by atoms with Crippen molar-refractivity contribution in [2.45, 2.75) is 43.3 Å². The molecule has 2 aromatic carbocycles. The largest absolute Gasteiger partial charge is 0.453 e. The molecule has 0 spiro atoms. The molecule has 0 aliphatic rings. The molecular weight excluding hydrogens is 532 g/mol. The zero-order valence-corrected chi connectivity index (χ0v) is 22.2. The lowest BCUT2D eigenvalue weighted by atomic mass is 10.1. The SMILES string of the molecule is COC(=O)N[C@@H](Cc1ccccc1)C(=O)NCC(=O)N[C@@H](C)C(=O)NC(Cc1ccccc1)C(O)S(=O)(=O)O. The quantitative estimate of drug-likeness (QED) is 0.174. The summed E-state index contributed by atoms with van der Waals surface area (Å²) in [6, 6.07) is 13.5. The molecule has 2 aromatic rings.